The van der Waals surface area contributed by atoms with Crippen molar-refractivity contribution in [1.82, 2.24) is 0 Å². The fraction of sp³-hybridized carbons (Fsp3) is 0.333. The van der Waals surface area contributed by atoms with E-state index in [-0.39, 0.29) is 12.5 Å². The third-order valence-electron chi connectivity index (χ3n) is 3.13. The third kappa shape index (κ3) is 3.21. The van der Waals surface area contributed by atoms with Crippen molar-refractivity contribution in [3.63, 3.8) is 0 Å². The molecule has 0 radical (unpaired) electrons. The Balaban J connectivity index is 2.03. The maximum Gasteiger partial charge on any atom is 0.0934 e. The number of hydrogen-bond acceptors (Lipinski definition) is 2. The van der Waals surface area contributed by atoms with Gasteiger partial charge in [-0.25, -0.2) is 0 Å². The number of aryl methyl sites for hydroxylation is 1. The molecule has 2 aromatic rings. The molecule has 2 heteroatoms. The molecule has 0 aliphatic rings. The lowest BCUT2D eigenvalue weighted by atomic mass is 9.92. The smallest absolute Gasteiger partial charge is 0.0934 e. The molecular weight excluding hydrogens is 212 g/mol. The molecule has 1 aromatic heterocycles. The highest BCUT2D eigenvalue weighted by atomic mass is 16.3. The van der Waals surface area contributed by atoms with Crippen molar-refractivity contribution < 1.29 is 9.52 Å². The van der Waals surface area contributed by atoms with Gasteiger partial charge in [0.25, 0.3) is 0 Å². The fourth-order valence-electron chi connectivity index (χ4n) is 2.09. The van der Waals surface area contributed by atoms with E-state index in [2.05, 4.69) is 25.1 Å². The van der Waals surface area contributed by atoms with Gasteiger partial charge in [-0.2, -0.15) is 0 Å². The highest BCUT2D eigenvalue weighted by Crippen LogP contribution is 2.17. The van der Waals surface area contributed by atoms with Crippen LogP contribution in [0.3, 0.4) is 0 Å². The summed E-state index contributed by atoms with van der Waals surface area (Å²) in [5, 5.41) is 9.45. The Morgan fingerprint density at radius 2 is 2.00 bits per heavy atom. The molecule has 2 nitrogen and oxygen atoms in total. The van der Waals surface area contributed by atoms with Gasteiger partial charge in [-0.15, -0.1) is 0 Å². The van der Waals surface area contributed by atoms with Gasteiger partial charge in [0, 0.05) is 6.61 Å². The van der Waals surface area contributed by atoms with Crippen molar-refractivity contribution in [3.05, 3.63) is 59.5 Å². The second kappa shape index (κ2) is 5.69. The highest BCUT2D eigenvalue weighted by molar-refractivity contribution is 5.26. The zero-order valence-electron chi connectivity index (χ0n) is 10.1. The first-order chi connectivity index (χ1) is 8.29. The number of aliphatic hydroxyl groups is 1. The molecule has 1 aromatic carbocycles. The summed E-state index contributed by atoms with van der Waals surface area (Å²) in [5.74, 6) is 0.258. The molecule has 90 valence electrons. The summed E-state index contributed by atoms with van der Waals surface area (Å²) in [6.45, 7) is 2.32. The first kappa shape index (κ1) is 11.9. The molecule has 1 unspecified atom stereocenters. The summed E-state index contributed by atoms with van der Waals surface area (Å²) in [7, 11) is 0. The largest absolute Gasteiger partial charge is 0.472 e. The zero-order chi connectivity index (χ0) is 12.1. The average Bonchev–Trinajstić information content (AvgIpc) is 2.84. The summed E-state index contributed by atoms with van der Waals surface area (Å²) in [5.41, 5.74) is 3.76. The summed E-state index contributed by atoms with van der Waals surface area (Å²) in [6, 6.07) is 10.3. The third-order valence-corrected chi connectivity index (χ3v) is 3.13. The van der Waals surface area contributed by atoms with E-state index in [0.717, 1.165) is 18.4 Å². The molecule has 0 saturated carbocycles. The van der Waals surface area contributed by atoms with Crippen molar-refractivity contribution in [2.24, 2.45) is 5.92 Å². The van der Waals surface area contributed by atoms with E-state index < -0.39 is 0 Å². The number of aliphatic hydroxyl groups excluding tert-OH is 1. The molecule has 0 amide bonds. The molecule has 1 N–H and O–H groups in total. The van der Waals surface area contributed by atoms with Crippen molar-refractivity contribution in [2.75, 3.05) is 6.61 Å². The van der Waals surface area contributed by atoms with Crippen LogP contribution in [0.1, 0.15) is 16.7 Å². The molecule has 0 aliphatic carbocycles. The Kier molecular flexibility index (Phi) is 3.99. The zero-order valence-corrected chi connectivity index (χ0v) is 10.1. The summed E-state index contributed by atoms with van der Waals surface area (Å²) < 4.78 is 5.05. The van der Waals surface area contributed by atoms with Crippen LogP contribution in [0.4, 0.5) is 0 Å². The van der Waals surface area contributed by atoms with Crippen LogP contribution in [0.2, 0.25) is 0 Å². The van der Waals surface area contributed by atoms with Crippen molar-refractivity contribution in [1.29, 1.82) is 0 Å². The Hall–Kier alpha value is -1.54. The summed E-state index contributed by atoms with van der Waals surface area (Å²) in [4.78, 5) is 0. The van der Waals surface area contributed by atoms with E-state index in [1.54, 1.807) is 12.5 Å². The second-order valence-corrected chi connectivity index (χ2v) is 4.51. The normalized spacial score (nSPS) is 12.6. The molecule has 17 heavy (non-hydrogen) atoms. The lowest BCUT2D eigenvalue weighted by molar-refractivity contribution is 0.224. The van der Waals surface area contributed by atoms with Crippen LogP contribution in [0, 0.1) is 12.8 Å². The Morgan fingerprint density at radius 1 is 1.18 bits per heavy atom. The number of furan rings is 1. The fourth-order valence-corrected chi connectivity index (χ4v) is 2.09. The predicted molar refractivity (Wildman–Crippen MR) is 67.9 cm³/mol. The first-order valence-corrected chi connectivity index (χ1v) is 5.96. The number of benzene rings is 1. The molecule has 2 rings (SSSR count). The maximum atomic E-state index is 9.45. The second-order valence-electron chi connectivity index (χ2n) is 4.51. The molecule has 1 atom stereocenters. The van der Waals surface area contributed by atoms with Crippen molar-refractivity contribution >= 4 is 0 Å². The van der Waals surface area contributed by atoms with Gasteiger partial charge in [-0.3, -0.25) is 0 Å². The first-order valence-electron chi connectivity index (χ1n) is 5.96. The molecule has 0 spiro atoms. The molecule has 0 bridgehead atoms. The van der Waals surface area contributed by atoms with E-state index in [1.807, 2.05) is 12.1 Å². The van der Waals surface area contributed by atoms with Crippen LogP contribution < -0.4 is 0 Å². The quantitative estimate of drug-likeness (QED) is 0.856. The van der Waals surface area contributed by atoms with Gasteiger partial charge in [0.2, 0.25) is 0 Å². The Labute approximate surface area is 102 Å². The van der Waals surface area contributed by atoms with Crippen LogP contribution >= 0.6 is 0 Å². The van der Waals surface area contributed by atoms with Gasteiger partial charge in [0.05, 0.1) is 12.5 Å². The van der Waals surface area contributed by atoms with E-state index in [1.165, 1.54) is 11.1 Å². The molecular formula is C15H18O2. The summed E-state index contributed by atoms with van der Waals surface area (Å²) in [6.07, 6.45) is 5.20. The van der Waals surface area contributed by atoms with Gasteiger partial charge < -0.3 is 9.52 Å². The van der Waals surface area contributed by atoms with E-state index in [0.29, 0.717) is 0 Å². The average molecular weight is 230 g/mol. The van der Waals surface area contributed by atoms with E-state index >= 15 is 0 Å². The minimum atomic E-state index is 0.208. The van der Waals surface area contributed by atoms with Crippen LogP contribution in [0.25, 0.3) is 0 Å². The lowest BCUT2D eigenvalue weighted by Gasteiger charge is -2.14. The van der Waals surface area contributed by atoms with Gasteiger partial charge >= 0.3 is 0 Å². The number of hydrogen-bond donors (Lipinski definition) is 1. The van der Waals surface area contributed by atoms with Gasteiger partial charge in [0.15, 0.2) is 0 Å². The van der Waals surface area contributed by atoms with Crippen LogP contribution in [0.5, 0.6) is 0 Å². The van der Waals surface area contributed by atoms with Crippen LogP contribution in [-0.4, -0.2) is 11.7 Å². The van der Waals surface area contributed by atoms with Crippen LogP contribution in [-0.2, 0) is 12.8 Å². The predicted octanol–water partition coefficient (Wildman–Crippen LogP) is 2.98. The molecule has 0 saturated heterocycles. The minimum absolute atomic E-state index is 0.208. The van der Waals surface area contributed by atoms with Crippen LogP contribution in [0.15, 0.2) is 47.3 Å². The number of rotatable bonds is 5. The minimum Gasteiger partial charge on any atom is -0.472 e. The Bertz CT molecular complexity index is 446. The lowest BCUT2D eigenvalue weighted by Crippen LogP contribution is -2.13. The molecule has 1 heterocycles. The molecule has 0 fully saturated rings. The SMILES string of the molecule is Cc1ccccc1CC(CO)Cc1ccoc1. The van der Waals surface area contributed by atoms with Gasteiger partial charge in [-0.05, 0) is 48.4 Å². The van der Waals surface area contributed by atoms with Gasteiger partial charge in [0.1, 0.15) is 0 Å². The Morgan fingerprint density at radius 3 is 2.65 bits per heavy atom. The molecule has 0 aliphatic heterocycles. The standard InChI is InChI=1S/C15H18O2/c1-12-4-2-3-5-15(12)9-14(10-16)8-13-6-7-17-11-13/h2-7,11,14,16H,8-10H2,1H3. The van der Waals surface area contributed by atoms with E-state index in [9.17, 15) is 5.11 Å². The monoisotopic (exact) mass is 230 g/mol. The highest BCUT2D eigenvalue weighted by Gasteiger charge is 2.11. The van der Waals surface area contributed by atoms with Crippen molar-refractivity contribution in [2.45, 2.75) is 19.8 Å². The van der Waals surface area contributed by atoms with Gasteiger partial charge in [-0.1, -0.05) is 24.3 Å². The van der Waals surface area contributed by atoms with E-state index in [4.69, 9.17) is 4.42 Å². The topological polar surface area (TPSA) is 33.4 Å². The summed E-state index contributed by atoms with van der Waals surface area (Å²) >= 11 is 0. The maximum absolute atomic E-state index is 9.45. The van der Waals surface area contributed by atoms with Crippen molar-refractivity contribution in [3.8, 4) is 0 Å².